The molecule has 1 aliphatic heterocycles. The van der Waals surface area contributed by atoms with E-state index >= 15 is 0 Å². The van der Waals surface area contributed by atoms with E-state index < -0.39 is 5.41 Å². The van der Waals surface area contributed by atoms with Crippen molar-refractivity contribution in [1.82, 2.24) is 5.32 Å². The number of ether oxygens (including phenoxy) is 1. The molecular weight excluding hydrogens is 300 g/mol. The monoisotopic (exact) mass is 326 g/mol. The molecule has 22 heavy (non-hydrogen) atoms. The number of amides is 1. The molecule has 1 aliphatic rings. The fraction of sp³-hybridized carbons (Fsp3) is 0.588. The number of halogens is 1. The minimum atomic E-state index is -0.426. The Morgan fingerprint density at radius 1 is 1.23 bits per heavy atom. The van der Waals surface area contributed by atoms with Crippen LogP contribution in [-0.2, 0) is 22.4 Å². The lowest BCUT2D eigenvalue weighted by molar-refractivity contribution is -0.135. The topological polar surface area (TPSA) is 64.4 Å². The van der Waals surface area contributed by atoms with Crippen molar-refractivity contribution in [2.24, 2.45) is 11.1 Å². The molecule has 1 fully saturated rings. The van der Waals surface area contributed by atoms with Crippen LogP contribution in [0.3, 0.4) is 0 Å². The fourth-order valence-electron chi connectivity index (χ4n) is 2.74. The average Bonchev–Trinajstić information content (AvgIpc) is 2.56. The number of aryl methyl sites for hydroxylation is 1. The molecule has 0 aliphatic carbocycles. The van der Waals surface area contributed by atoms with Gasteiger partial charge in [0.15, 0.2) is 0 Å². The molecule has 4 nitrogen and oxygen atoms in total. The highest BCUT2D eigenvalue weighted by Gasteiger charge is 2.38. The highest BCUT2D eigenvalue weighted by Crippen LogP contribution is 2.29. The summed E-state index contributed by atoms with van der Waals surface area (Å²) in [6, 6.07) is 8.57. The molecular formula is C17H27ClN2O2. The Morgan fingerprint density at radius 3 is 2.36 bits per heavy atom. The van der Waals surface area contributed by atoms with Crippen molar-refractivity contribution in [2.45, 2.75) is 32.6 Å². The zero-order valence-corrected chi connectivity index (χ0v) is 14.1. The molecule has 124 valence electrons. The molecule has 5 heteroatoms. The molecule has 0 bridgehead atoms. The first-order valence-electron chi connectivity index (χ1n) is 7.84. The van der Waals surface area contributed by atoms with E-state index in [2.05, 4.69) is 36.5 Å². The highest BCUT2D eigenvalue weighted by atomic mass is 35.5. The minimum Gasteiger partial charge on any atom is -0.381 e. The summed E-state index contributed by atoms with van der Waals surface area (Å²) in [6.45, 7) is 4.46. The van der Waals surface area contributed by atoms with Gasteiger partial charge in [0.05, 0.1) is 5.41 Å². The van der Waals surface area contributed by atoms with Crippen LogP contribution >= 0.6 is 12.4 Å². The fourth-order valence-corrected chi connectivity index (χ4v) is 2.74. The van der Waals surface area contributed by atoms with E-state index in [1.165, 1.54) is 11.1 Å². The van der Waals surface area contributed by atoms with E-state index in [9.17, 15) is 4.79 Å². The van der Waals surface area contributed by atoms with Gasteiger partial charge >= 0.3 is 0 Å². The van der Waals surface area contributed by atoms with Crippen LogP contribution in [0.1, 0.15) is 30.9 Å². The number of rotatable bonds is 6. The molecule has 0 unspecified atom stereocenters. The van der Waals surface area contributed by atoms with Gasteiger partial charge in [-0.2, -0.15) is 0 Å². The lowest BCUT2D eigenvalue weighted by atomic mass is 9.79. The van der Waals surface area contributed by atoms with Gasteiger partial charge in [0, 0.05) is 26.3 Å². The van der Waals surface area contributed by atoms with Crippen LogP contribution in [0.25, 0.3) is 0 Å². The second-order valence-electron chi connectivity index (χ2n) is 5.77. The molecule has 2 rings (SSSR count). The molecule has 1 aromatic rings. The molecule has 1 heterocycles. The van der Waals surface area contributed by atoms with E-state index in [1.54, 1.807) is 0 Å². The molecule has 0 saturated carbocycles. The van der Waals surface area contributed by atoms with Crippen molar-refractivity contribution in [3.05, 3.63) is 35.4 Å². The van der Waals surface area contributed by atoms with E-state index in [0.29, 0.717) is 26.3 Å². The average molecular weight is 327 g/mol. The van der Waals surface area contributed by atoms with Crippen molar-refractivity contribution < 1.29 is 9.53 Å². The van der Waals surface area contributed by atoms with Gasteiger partial charge in [-0.05, 0) is 36.8 Å². The van der Waals surface area contributed by atoms with Crippen molar-refractivity contribution in [1.29, 1.82) is 0 Å². The predicted molar refractivity (Wildman–Crippen MR) is 91.3 cm³/mol. The highest BCUT2D eigenvalue weighted by molar-refractivity contribution is 5.85. The molecule has 0 aromatic heterocycles. The standard InChI is InChI=1S/C17H26N2O2.ClH/c1-2-14-3-5-15(6-4-14)7-10-19-16(20)17(13-18)8-11-21-12-9-17;/h3-6H,2,7-13,18H2,1H3,(H,19,20);1H. The summed E-state index contributed by atoms with van der Waals surface area (Å²) in [5.41, 5.74) is 8.00. The van der Waals surface area contributed by atoms with Gasteiger partial charge < -0.3 is 15.8 Å². The SMILES string of the molecule is CCc1ccc(CCNC(=O)C2(CN)CCOCC2)cc1.Cl. The van der Waals surface area contributed by atoms with Crippen LogP contribution < -0.4 is 11.1 Å². The molecule has 1 amide bonds. The summed E-state index contributed by atoms with van der Waals surface area (Å²) in [5, 5.41) is 3.05. The van der Waals surface area contributed by atoms with Crippen LogP contribution in [0.4, 0.5) is 0 Å². The van der Waals surface area contributed by atoms with Crippen LogP contribution in [0.15, 0.2) is 24.3 Å². The molecule has 1 aromatic carbocycles. The number of benzene rings is 1. The summed E-state index contributed by atoms with van der Waals surface area (Å²) in [4.78, 5) is 12.4. The summed E-state index contributed by atoms with van der Waals surface area (Å²) < 4.78 is 5.34. The maximum atomic E-state index is 12.4. The zero-order chi connectivity index (χ0) is 15.1. The molecule has 0 spiro atoms. The summed E-state index contributed by atoms with van der Waals surface area (Å²) in [7, 11) is 0. The first kappa shape index (κ1) is 18.9. The van der Waals surface area contributed by atoms with Crippen molar-refractivity contribution in [3.8, 4) is 0 Å². The van der Waals surface area contributed by atoms with Gasteiger partial charge in [0.1, 0.15) is 0 Å². The van der Waals surface area contributed by atoms with E-state index in [0.717, 1.165) is 25.7 Å². The zero-order valence-electron chi connectivity index (χ0n) is 13.3. The minimum absolute atomic E-state index is 0. The maximum Gasteiger partial charge on any atom is 0.227 e. The number of nitrogens with one attached hydrogen (secondary N) is 1. The summed E-state index contributed by atoms with van der Waals surface area (Å²) in [6.07, 6.45) is 3.35. The third-order valence-corrected chi connectivity index (χ3v) is 4.45. The van der Waals surface area contributed by atoms with Crippen molar-refractivity contribution in [2.75, 3.05) is 26.3 Å². The number of carbonyl (C=O) groups excluding carboxylic acids is 1. The molecule has 0 atom stereocenters. The van der Waals surface area contributed by atoms with Gasteiger partial charge in [-0.25, -0.2) is 0 Å². The Morgan fingerprint density at radius 2 is 1.82 bits per heavy atom. The van der Waals surface area contributed by atoms with E-state index in [-0.39, 0.29) is 18.3 Å². The third kappa shape index (κ3) is 4.70. The van der Waals surface area contributed by atoms with Crippen molar-refractivity contribution in [3.63, 3.8) is 0 Å². The Bertz CT molecular complexity index is 456. The van der Waals surface area contributed by atoms with Crippen LogP contribution in [0.5, 0.6) is 0 Å². The second-order valence-corrected chi connectivity index (χ2v) is 5.77. The smallest absolute Gasteiger partial charge is 0.227 e. The van der Waals surface area contributed by atoms with E-state index in [4.69, 9.17) is 10.5 Å². The quantitative estimate of drug-likeness (QED) is 0.841. The normalized spacial score (nSPS) is 16.6. The lowest BCUT2D eigenvalue weighted by Gasteiger charge is -2.34. The summed E-state index contributed by atoms with van der Waals surface area (Å²) in [5.74, 6) is 0.0819. The lowest BCUT2D eigenvalue weighted by Crippen LogP contribution is -2.49. The predicted octanol–water partition coefficient (Wildman–Crippen LogP) is 2.08. The third-order valence-electron chi connectivity index (χ3n) is 4.45. The second kappa shape index (κ2) is 9.13. The Labute approximate surface area is 139 Å². The molecule has 3 N–H and O–H groups in total. The Kier molecular flexibility index (Phi) is 7.87. The van der Waals surface area contributed by atoms with Crippen LogP contribution in [0, 0.1) is 5.41 Å². The Balaban J connectivity index is 0.00000242. The number of carbonyl (C=O) groups is 1. The van der Waals surface area contributed by atoms with Gasteiger partial charge in [-0.3, -0.25) is 4.79 Å². The van der Waals surface area contributed by atoms with Gasteiger partial charge in [-0.15, -0.1) is 12.4 Å². The van der Waals surface area contributed by atoms with E-state index in [1.807, 2.05) is 0 Å². The molecule has 1 saturated heterocycles. The van der Waals surface area contributed by atoms with Crippen LogP contribution in [-0.4, -0.2) is 32.2 Å². The number of hydrogen-bond acceptors (Lipinski definition) is 3. The van der Waals surface area contributed by atoms with Gasteiger partial charge in [0.25, 0.3) is 0 Å². The van der Waals surface area contributed by atoms with Crippen LogP contribution in [0.2, 0.25) is 0 Å². The first-order valence-corrected chi connectivity index (χ1v) is 7.84. The van der Waals surface area contributed by atoms with Gasteiger partial charge in [-0.1, -0.05) is 31.2 Å². The van der Waals surface area contributed by atoms with Gasteiger partial charge in [0.2, 0.25) is 5.91 Å². The Hall–Kier alpha value is -1.10. The first-order chi connectivity index (χ1) is 10.2. The van der Waals surface area contributed by atoms with Crippen molar-refractivity contribution >= 4 is 18.3 Å². The number of hydrogen-bond donors (Lipinski definition) is 2. The number of nitrogens with two attached hydrogens (primary N) is 1. The largest absolute Gasteiger partial charge is 0.381 e. The molecule has 0 radical (unpaired) electrons. The maximum absolute atomic E-state index is 12.4. The summed E-state index contributed by atoms with van der Waals surface area (Å²) >= 11 is 0.